The standard InChI is InChI=1S/C7H8ClN.C2H6/c1-5-2-3-6(8)7(9)4-5;1-2/h2-4H,9H2,1H3;1-2H3. The molecule has 0 atom stereocenters. The van der Waals surface area contributed by atoms with E-state index in [1.807, 2.05) is 32.9 Å². The number of benzene rings is 1. The fraction of sp³-hybridized carbons (Fsp3) is 0.333. The molecule has 0 saturated heterocycles. The minimum Gasteiger partial charge on any atom is -0.398 e. The first kappa shape index (κ1) is 10.3. The number of rotatable bonds is 0. The second kappa shape index (κ2) is 5.03. The van der Waals surface area contributed by atoms with Gasteiger partial charge in [-0.05, 0) is 24.6 Å². The van der Waals surface area contributed by atoms with Crippen LogP contribution in [-0.4, -0.2) is 0 Å². The zero-order valence-electron chi connectivity index (χ0n) is 7.19. The van der Waals surface area contributed by atoms with Crippen LogP contribution in [-0.2, 0) is 0 Å². The molecule has 0 unspecified atom stereocenters. The SMILES string of the molecule is CC.Cc1ccc(Cl)c(N)c1. The zero-order chi connectivity index (χ0) is 8.85. The van der Waals surface area contributed by atoms with Crippen LogP contribution in [0.4, 0.5) is 5.69 Å². The summed E-state index contributed by atoms with van der Waals surface area (Å²) in [5, 5.41) is 0.626. The summed E-state index contributed by atoms with van der Waals surface area (Å²) in [7, 11) is 0. The summed E-state index contributed by atoms with van der Waals surface area (Å²) in [6.45, 7) is 5.98. The molecule has 0 heterocycles. The molecule has 0 spiro atoms. The van der Waals surface area contributed by atoms with Crippen molar-refractivity contribution in [3.8, 4) is 0 Å². The van der Waals surface area contributed by atoms with Crippen molar-refractivity contribution in [2.45, 2.75) is 20.8 Å². The average Bonchev–Trinajstić information content (AvgIpc) is 2.02. The highest BCUT2D eigenvalue weighted by atomic mass is 35.5. The van der Waals surface area contributed by atoms with Crippen LogP contribution in [0.25, 0.3) is 0 Å². The van der Waals surface area contributed by atoms with Gasteiger partial charge in [-0.25, -0.2) is 0 Å². The van der Waals surface area contributed by atoms with E-state index in [-0.39, 0.29) is 0 Å². The van der Waals surface area contributed by atoms with Crippen LogP contribution in [0, 0.1) is 6.92 Å². The third-order valence-electron chi connectivity index (χ3n) is 1.15. The molecule has 2 N–H and O–H groups in total. The Morgan fingerprint density at radius 1 is 1.27 bits per heavy atom. The number of nitrogen functional groups attached to an aromatic ring is 1. The Bertz CT molecular complexity index is 221. The lowest BCUT2D eigenvalue weighted by Crippen LogP contribution is -1.85. The summed E-state index contributed by atoms with van der Waals surface area (Å²) >= 11 is 5.66. The van der Waals surface area contributed by atoms with Gasteiger partial charge in [0.05, 0.1) is 10.7 Å². The van der Waals surface area contributed by atoms with Crippen LogP contribution in [0.2, 0.25) is 5.02 Å². The third kappa shape index (κ3) is 3.28. The molecule has 2 heteroatoms. The monoisotopic (exact) mass is 171 g/mol. The molecule has 0 aliphatic carbocycles. The highest BCUT2D eigenvalue weighted by molar-refractivity contribution is 6.33. The maximum absolute atomic E-state index is 5.66. The fourth-order valence-corrected chi connectivity index (χ4v) is 0.781. The third-order valence-corrected chi connectivity index (χ3v) is 1.50. The second-order valence-electron chi connectivity index (χ2n) is 2.02. The average molecular weight is 172 g/mol. The highest BCUT2D eigenvalue weighted by Gasteiger charge is 1.92. The zero-order valence-corrected chi connectivity index (χ0v) is 7.94. The fourth-order valence-electron chi connectivity index (χ4n) is 0.663. The van der Waals surface area contributed by atoms with Crippen LogP contribution >= 0.6 is 11.6 Å². The topological polar surface area (TPSA) is 26.0 Å². The van der Waals surface area contributed by atoms with Gasteiger partial charge in [-0.15, -0.1) is 0 Å². The number of anilines is 1. The minimum absolute atomic E-state index is 0.626. The summed E-state index contributed by atoms with van der Waals surface area (Å²) < 4.78 is 0. The molecular formula is C9H14ClN. The van der Waals surface area contributed by atoms with Gasteiger partial charge in [-0.1, -0.05) is 31.5 Å². The Balaban J connectivity index is 0.000000461. The molecule has 1 rings (SSSR count). The van der Waals surface area contributed by atoms with E-state index < -0.39 is 0 Å². The molecule has 0 aromatic heterocycles. The molecule has 62 valence electrons. The quantitative estimate of drug-likeness (QED) is 0.596. The van der Waals surface area contributed by atoms with Gasteiger partial charge in [0.2, 0.25) is 0 Å². The van der Waals surface area contributed by atoms with Gasteiger partial charge >= 0.3 is 0 Å². The lowest BCUT2D eigenvalue weighted by Gasteiger charge is -1.96. The number of halogens is 1. The number of nitrogens with two attached hydrogens (primary N) is 1. The number of hydrogen-bond acceptors (Lipinski definition) is 1. The minimum atomic E-state index is 0.626. The van der Waals surface area contributed by atoms with Crippen LogP contribution in [0.5, 0.6) is 0 Å². The van der Waals surface area contributed by atoms with Crippen molar-refractivity contribution >= 4 is 17.3 Å². The van der Waals surface area contributed by atoms with Crippen molar-refractivity contribution in [2.75, 3.05) is 5.73 Å². The van der Waals surface area contributed by atoms with E-state index in [4.69, 9.17) is 17.3 Å². The van der Waals surface area contributed by atoms with Gasteiger partial charge < -0.3 is 5.73 Å². The van der Waals surface area contributed by atoms with Crippen molar-refractivity contribution in [3.63, 3.8) is 0 Å². The lowest BCUT2D eigenvalue weighted by molar-refractivity contribution is 1.47. The molecule has 1 aromatic rings. The molecule has 1 nitrogen and oxygen atoms in total. The molecule has 0 radical (unpaired) electrons. The maximum Gasteiger partial charge on any atom is 0.0635 e. The molecule has 11 heavy (non-hydrogen) atoms. The molecule has 1 aromatic carbocycles. The Hall–Kier alpha value is -0.690. The summed E-state index contributed by atoms with van der Waals surface area (Å²) in [5.74, 6) is 0. The van der Waals surface area contributed by atoms with Gasteiger partial charge in [-0.2, -0.15) is 0 Å². The van der Waals surface area contributed by atoms with E-state index in [2.05, 4.69) is 0 Å². The summed E-state index contributed by atoms with van der Waals surface area (Å²) in [6, 6.07) is 5.58. The predicted molar refractivity (Wildman–Crippen MR) is 51.9 cm³/mol. The lowest BCUT2D eigenvalue weighted by atomic mass is 10.2. The normalized spacial score (nSPS) is 8.36. The Morgan fingerprint density at radius 2 is 1.82 bits per heavy atom. The van der Waals surface area contributed by atoms with Crippen molar-refractivity contribution in [1.82, 2.24) is 0 Å². The Labute approximate surface area is 73.2 Å². The van der Waals surface area contributed by atoms with Gasteiger partial charge in [0, 0.05) is 0 Å². The molecule has 0 aliphatic heterocycles. The van der Waals surface area contributed by atoms with Gasteiger partial charge in [0.25, 0.3) is 0 Å². The molecule has 0 bridgehead atoms. The molecule has 0 fully saturated rings. The number of hydrogen-bond donors (Lipinski definition) is 1. The smallest absolute Gasteiger partial charge is 0.0635 e. The summed E-state index contributed by atoms with van der Waals surface area (Å²) in [6.07, 6.45) is 0. The van der Waals surface area contributed by atoms with E-state index in [0.29, 0.717) is 10.7 Å². The largest absolute Gasteiger partial charge is 0.398 e. The van der Waals surface area contributed by atoms with Gasteiger partial charge in [0.1, 0.15) is 0 Å². The maximum atomic E-state index is 5.66. The van der Waals surface area contributed by atoms with Gasteiger partial charge in [-0.3, -0.25) is 0 Å². The second-order valence-corrected chi connectivity index (χ2v) is 2.43. The van der Waals surface area contributed by atoms with Crippen molar-refractivity contribution in [3.05, 3.63) is 28.8 Å². The van der Waals surface area contributed by atoms with E-state index >= 15 is 0 Å². The molecule has 0 saturated carbocycles. The van der Waals surface area contributed by atoms with Crippen LogP contribution in [0.3, 0.4) is 0 Å². The highest BCUT2D eigenvalue weighted by Crippen LogP contribution is 2.18. The summed E-state index contributed by atoms with van der Waals surface area (Å²) in [5.41, 5.74) is 7.27. The van der Waals surface area contributed by atoms with Crippen molar-refractivity contribution in [2.24, 2.45) is 0 Å². The van der Waals surface area contributed by atoms with Crippen molar-refractivity contribution in [1.29, 1.82) is 0 Å². The number of aryl methyl sites for hydroxylation is 1. The van der Waals surface area contributed by atoms with Gasteiger partial charge in [0.15, 0.2) is 0 Å². The van der Waals surface area contributed by atoms with Crippen molar-refractivity contribution < 1.29 is 0 Å². The first-order valence-corrected chi connectivity index (χ1v) is 4.09. The van der Waals surface area contributed by atoms with E-state index in [0.717, 1.165) is 5.56 Å². The Morgan fingerprint density at radius 3 is 2.18 bits per heavy atom. The van der Waals surface area contributed by atoms with Crippen LogP contribution in [0.1, 0.15) is 19.4 Å². The van der Waals surface area contributed by atoms with E-state index in [9.17, 15) is 0 Å². The molecule has 0 aliphatic rings. The molecule has 0 amide bonds. The van der Waals surface area contributed by atoms with Crippen LogP contribution in [0.15, 0.2) is 18.2 Å². The first-order chi connectivity index (χ1) is 5.20. The predicted octanol–water partition coefficient (Wildman–Crippen LogP) is 3.26. The van der Waals surface area contributed by atoms with Crippen LogP contribution < -0.4 is 5.73 Å². The first-order valence-electron chi connectivity index (χ1n) is 3.72. The molecular weight excluding hydrogens is 158 g/mol. The van der Waals surface area contributed by atoms with E-state index in [1.165, 1.54) is 0 Å². The Kier molecular flexibility index (Phi) is 4.71. The summed E-state index contributed by atoms with van der Waals surface area (Å²) in [4.78, 5) is 0. The van der Waals surface area contributed by atoms with E-state index in [1.54, 1.807) is 6.07 Å².